The number of hydrogen-bond acceptors (Lipinski definition) is 2. The first-order valence-corrected chi connectivity index (χ1v) is 5.57. The number of Topliss-reactive ketones (excluding diaryl/α,β-unsaturated/α-hetero) is 1. The van der Waals surface area contributed by atoms with Crippen LogP contribution in [0.15, 0.2) is 0 Å². The first kappa shape index (κ1) is 11.7. The summed E-state index contributed by atoms with van der Waals surface area (Å²) in [6.07, 6.45) is 4.57. The van der Waals surface area contributed by atoms with Crippen molar-refractivity contribution in [2.24, 2.45) is 11.8 Å². The lowest BCUT2D eigenvalue weighted by Gasteiger charge is -2.31. The van der Waals surface area contributed by atoms with Gasteiger partial charge in [-0.15, -0.1) is 0 Å². The van der Waals surface area contributed by atoms with Crippen LogP contribution in [-0.2, 0) is 9.53 Å². The van der Waals surface area contributed by atoms with E-state index in [0.29, 0.717) is 5.92 Å². The molecule has 0 aromatic rings. The van der Waals surface area contributed by atoms with Crippen LogP contribution < -0.4 is 0 Å². The van der Waals surface area contributed by atoms with Crippen LogP contribution in [0, 0.1) is 11.8 Å². The summed E-state index contributed by atoms with van der Waals surface area (Å²) in [5.41, 5.74) is -0.596. The van der Waals surface area contributed by atoms with Gasteiger partial charge in [0.1, 0.15) is 5.60 Å². The molecule has 2 unspecified atom stereocenters. The second-order valence-corrected chi connectivity index (χ2v) is 5.05. The predicted octanol–water partition coefficient (Wildman–Crippen LogP) is 2.81. The van der Waals surface area contributed by atoms with Crippen molar-refractivity contribution in [1.82, 2.24) is 0 Å². The van der Waals surface area contributed by atoms with Crippen LogP contribution in [0.25, 0.3) is 0 Å². The minimum atomic E-state index is -0.596. The van der Waals surface area contributed by atoms with Gasteiger partial charge in [0, 0.05) is 13.0 Å². The summed E-state index contributed by atoms with van der Waals surface area (Å²) in [6.45, 7) is 5.97. The Kier molecular flexibility index (Phi) is 3.71. The smallest absolute Gasteiger partial charge is 0.167 e. The van der Waals surface area contributed by atoms with Crippen LogP contribution in [-0.4, -0.2) is 18.5 Å². The van der Waals surface area contributed by atoms with E-state index in [1.54, 1.807) is 7.11 Å². The zero-order valence-corrected chi connectivity index (χ0v) is 9.80. The van der Waals surface area contributed by atoms with E-state index in [-0.39, 0.29) is 11.7 Å². The molecule has 0 heterocycles. The van der Waals surface area contributed by atoms with Gasteiger partial charge < -0.3 is 4.74 Å². The Labute approximate surface area is 87.0 Å². The molecule has 0 saturated heterocycles. The van der Waals surface area contributed by atoms with Crippen LogP contribution in [0.3, 0.4) is 0 Å². The molecule has 82 valence electrons. The van der Waals surface area contributed by atoms with Gasteiger partial charge in [-0.05, 0) is 32.6 Å². The van der Waals surface area contributed by atoms with Gasteiger partial charge in [-0.25, -0.2) is 0 Å². The lowest BCUT2D eigenvalue weighted by Crippen LogP contribution is -2.40. The van der Waals surface area contributed by atoms with Crippen molar-refractivity contribution in [2.75, 3.05) is 7.11 Å². The number of hydrogen-bond donors (Lipinski definition) is 0. The van der Waals surface area contributed by atoms with Crippen molar-refractivity contribution in [1.29, 1.82) is 0 Å². The molecule has 0 aliphatic heterocycles. The molecule has 2 atom stereocenters. The van der Waals surface area contributed by atoms with E-state index in [1.165, 1.54) is 12.8 Å². The Hall–Kier alpha value is -0.370. The highest BCUT2D eigenvalue weighted by atomic mass is 16.5. The van der Waals surface area contributed by atoms with E-state index in [1.807, 2.05) is 13.8 Å². The maximum absolute atomic E-state index is 12.1. The number of ether oxygens (including phenoxy) is 1. The molecular formula is C12H22O2. The largest absolute Gasteiger partial charge is 0.371 e. The standard InChI is InChI=1S/C12H22O2/c1-9-6-5-7-10(8-9)11(13)12(2,3)14-4/h9-10H,5-8H2,1-4H3. The second-order valence-electron chi connectivity index (χ2n) is 5.05. The highest BCUT2D eigenvalue weighted by Crippen LogP contribution is 2.32. The summed E-state index contributed by atoms with van der Waals surface area (Å²) in [7, 11) is 1.62. The number of rotatable bonds is 3. The van der Waals surface area contributed by atoms with Crippen molar-refractivity contribution in [3.8, 4) is 0 Å². The zero-order valence-electron chi connectivity index (χ0n) is 9.80. The van der Waals surface area contributed by atoms with Crippen LogP contribution >= 0.6 is 0 Å². The lowest BCUT2D eigenvalue weighted by molar-refractivity contribution is -0.143. The molecule has 1 fully saturated rings. The third-order valence-corrected chi connectivity index (χ3v) is 3.41. The van der Waals surface area contributed by atoms with Crippen molar-refractivity contribution >= 4 is 5.78 Å². The van der Waals surface area contributed by atoms with Crippen LogP contribution in [0.5, 0.6) is 0 Å². The highest BCUT2D eigenvalue weighted by molar-refractivity contribution is 5.88. The molecule has 1 aliphatic rings. The van der Waals surface area contributed by atoms with Crippen LogP contribution in [0.4, 0.5) is 0 Å². The lowest BCUT2D eigenvalue weighted by atomic mass is 9.77. The SMILES string of the molecule is COC(C)(C)C(=O)C1CCCC(C)C1. The molecule has 1 saturated carbocycles. The Morgan fingerprint density at radius 2 is 2.00 bits per heavy atom. The second kappa shape index (κ2) is 4.43. The van der Waals surface area contributed by atoms with Gasteiger partial charge in [0.25, 0.3) is 0 Å². The van der Waals surface area contributed by atoms with Crippen LogP contribution in [0.2, 0.25) is 0 Å². The van der Waals surface area contributed by atoms with E-state index in [9.17, 15) is 4.79 Å². The Bertz CT molecular complexity index is 208. The first-order chi connectivity index (χ1) is 6.47. The summed E-state index contributed by atoms with van der Waals surface area (Å²) in [5, 5.41) is 0. The number of carbonyl (C=O) groups excluding carboxylic acids is 1. The number of carbonyl (C=O) groups is 1. The molecule has 14 heavy (non-hydrogen) atoms. The van der Waals surface area contributed by atoms with Crippen molar-refractivity contribution in [3.63, 3.8) is 0 Å². The minimum Gasteiger partial charge on any atom is -0.371 e. The molecule has 1 aliphatic carbocycles. The average Bonchev–Trinajstić information content (AvgIpc) is 2.16. The van der Waals surface area contributed by atoms with Crippen molar-refractivity contribution < 1.29 is 9.53 Å². The topological polar surface area (TPSA) is 26.3 Å². The summed E-state index contributed by atoms with van der Waals surface area (Å²) in [6, 6.07) is 0. The fraction of sp³-hybridized carbons (Fsp3) is 0.917. The Morgan fingerprint density at radius 1 is 1.36 bits per heavy atom. The maximum Gasteiger partial charge on any atom is 0.167 e. The highest BCUT2D eigenvalue weighted by Gasteiger charge is 2.35. The van der Waals surface area contributed by atoms with E-state index < -0.39 is 5.60 Å². The molecule has 0 aromatic carbocycles. The monoisotopic (exact) mass is 198 g/mol. The summed E-state index contributed by atoms with van der Waals surface area (Å²) < 4.78 is 5.24. The molecule has 2 heteroatoms. The third-order valence-electron chi connectivity index (χ3n) is 3.41. The number of methoxy groups -OCH3 is 1. The van der Waals surface area contributed by atoms with Crippen molar-refractivity contribution in [3.05, 3.63) is 0 Å². The quantitative estimate of drug-likeness (QED) is 0.697. The van der Waals surface area contributed by atoms with E-state index in [2.05, 4.69) is 6.92 Å². The van der Waals surface area contributed by atoms with E-state index >= 15 is 0 Å². The first-order valence-electron chi connectivity index (χ1n) is 5.57. The fourth-order valence-electron chi connectivity index (χ4n) is 2.26. The molecule has 0 N–H and O–H groups in total. The van der Waals surface area contributed by atoms with Gasteiger partial charge in [-0.2, -0.15) is 0 Å². The molecule has 0 amide bonds. The summed E-state index contributed by atoms with van der Waals surface area (Å²) in [5.74, 6) is 1.21. The van der Waals surface area contributed by atoms with Crippen LogP contribution in [0.1, 0.15) is 46.5 Å². The zero-order chi connectivity index (χ0) is 10.8. The van der Waals surface area contributed by atoms with Crippen molar-refractivity contribution in [2.45, 2.75) is 52.1 Å². The summed E-state index contributed by atoms with van der Waals surface area (Å²) in [4.78, 5) is 12.1. The van der Waals surface area contributed by atoms with Gasteiger partial charge in [0.2, 0.25) is 0 Å². The van der Waals surface area contributed by atoms with Gasteiger partial charge >= 0.3 is 0 Å². The molecule has 0 bridgehead atoms. The Morgan fingerprint density at radius 3 is 2.50 bits per heavy atom. The Balaban J connectivity index is 2.60. The molecule has 0 spiro atoms. The summed E-state index contributed by atoms with van der Waals surface area (Å²) >= 11 is 0. The van der Waals surface area contributed by atoms with E-state index in [4.69, 9.17) is 4.74 Å². The average molecular weight is 198 g/mol. The minimum absolute atomic E-state index is 0.230. The van der Waals surface area contributed by atoms with E-state index in [0.717, 1.165) is 12.8 Å². The molecule has 0 radical (unpaired) electrons. The van der Waals surface area contributed by atoms with Gasteiger partial charge in [0.15, 0.2) is 5.78 Å². The van der Waals surface area contributed by atoms with Gasteiger partial charge in [-0.3, -0.25) is 4.79 Å². The molecule has 0 aromatic heterocycles. The maximum atomic E-state index is 12.1. The molecule has 2 nitrogen and oxygen atoms in total. The molecule has 1 rings (SSSR count). The van der Waals surface area contributed by atoms with Gasteiger partial charge in [0.05, 0.1) is 0 Å². The normalized spacial score (nSPS) is 28.9. The predicted molar refractivity (Wildman–Crippen MR) is 57.2 cm³/mol. The third kappa shape index (κ3) is 2.57. The number of ketones is 1. The molecular weight excluding hydrogens is 176 g/mol. The van der Waals surface area contributed by atoms with Gasteiger partial charge in [-0.1, -0.05) is 19.8 Å². The fourth-order valence-corrected chi connectivity index (χ4v) is 2.26.